The van der Waals surface area contributed by atoms with E-state index in [2.05, 4.69) is 59.3 Å². The fraction of sp³-hybridized carbons (Fsp3) is 0.625. The largest absolute Gasteiger partial charge is 0.395 e. The summed E-state index contributed by atoms with van der Waals surface area (Å²) in [6.45, 7) is 9.21. The lowest BCUT2D eigenvalue weighted by Gasteiger charge is -2.26. The van der Waals surface area contributed by atoms with Gasteiger partial charge in [0.2, 0.25) is 0 Å². The average Bonchev–Trinajstić information content (AvgIpc) is 2.47. The number of aliphatic hydroxyl groups excluding tert-OH is 1. The molecule has 1 aromatic rings. The van der Waals surface area contributed by atoms with Gasteiger partial charge >= 0.3 is 0 Å². The zero-order chi connectivity index (χ0) is 15.7. The fourth-order valence-corrected chi connectivity index (χ4v) is 2.30. The first-order valence-corrected chi connectivity index (χ1v) is 8.35. The van der Waals surface area contributed by atoms with Crippen molar-refractivity contribution in [2.24, 2.45) is 0 Å². The lowest BCUT2D eigenvalue weighted by molar-refractivity contribution is 0.135. The third-order valence-corrected chi connectivity index (χ3v) is 4.50. The number of unbranched alkanes of at least 4 members (excludes halogenated alkanes) is 1. The van der Waals surface area contributed by atoms with E-state index in [-0.39, 0.29) is 6.61 Å². The lowest BCUT2D eigenvalue weighted by Crippen LogP contribution is -2.42. The van der Waals surface area contributed by atoms with Crippen LogP contribution in [-0.2, 0) is 4.74 Å². The number of aliphatic hydroxyl groups is 1. The summed E-state index contributed by atoms with van der Waals surface area (Å²) in [5, 5.41) is 11.1. The van der Waals surface area contributed by atoms with Gasteiger partial charge in [0.1, 0.15) is 0 Å². The van der Waals surface area contributed by atoms with E-state index < -0.39 is 0 Å². The van der Waals surface area contributed by atoms with Gasteiger partial charge in [-0.3, -0.25) is 0 Å². The number of hydrazine groups is 1. The molecule has 5 heteroatoms. The zero-order valence-electron chi connectivity index (χ0n) is 13.3. The van der Waals surface area contributed by atoms with Crippen LogP contribution in [0.15, 0.2) is 16.6 Å². The Labute approximate surface area is 136 Å². The monoisotopic (exact) mass is 358 g/mol. The molecule has 2 N–H and O–H groups in total. The van der Waals surface area contributed by atoms with Gasteiger partial charge < -0.3 is 14.9 Å². The highest BCUT2D eigenvalue weighted by Crippen LogP contribution is 2.26. The summed E-state index contributed by atoms with van der Waals surface area (Å²) in [6.07, 6.45) is 2.25. The van der Waals surface area contributed by atoms with Crippen molar-refractivity contribution in [1.82, 2.24) is 5.43 Å². The number of aryl methyl sites for hydroxylation is 2. The quantitative estimate of drug-likeness (QED) is 0.498. The van der Waals surface area contributed by atoms with Crippen LogP contribution in [-0.4, -0.2) is 38.0 Å². The summed E-state index contributed by atoms with van der Waals surface area (Å²) in [7, 11) is 0. The minimum Gasteiger partial charge on any atom is -0.395 e. The molecule has 0 amide bonds. The van der Waals surface area contributed by atoms with Crippen LogP contribution in [0.3, 0.4) is 0 Å². The minimum atomic E-state index is 0.113. The Balaban J connectivity index is 2.68. The Morgan fingerprint density at radius 2 is 1.90 bits per heavy atom. The van der Waals surface area contributed by atoms with Crippen LogP contribution in [0.2, 0.25) is 0 Å². The molecule has 0 aliphatic heterocycles. The molecule has 120 valence electrons. The fourth-order valence-electron chi connectivity index (χ4n) is 2.07. The third-order valence-electron chi connectivity index (χ3n) is 3.25. The second kappa shape index (κ2) is 10.2. The number of nitrogens with zero attached hydrogens (tertiary/aromatic N) is 1. The van der Waals surface area contributed by atoms with Gasteiger partial charge in [0.05, 0.1) is 25.4 Å². The molecule has 0 unspecified atom stereocenters. The van der Waals surface area contributed by atoms with Gasteiger partial charge in [-0.05, 0) is 43.5 Å². The van der Waals surface area contributed by atoms with E-state index in [1.165, 1.54) is 11.1 Å². The molecule has 21 heavy (non-hydrogen) atoms. The first kappa shape index (κ1) is 18.4. The van der Waals surface area contributed by atoms with Crippen LogP contribution in [0.1, 0.15) is 30.9 Å². The molecule has 0 aliphatic carbocycles. The van der Waals surface area contributed by atoms with Crippen LogP contribution < -0.4 is 10.4 Å². The summed E-state index contributed by atoms with van der Waals surface area (Å²) in [5.74, 6) is 0. The second-order valence-electron chi connectivity index (χ2n) is 5.14. The SMILES string of the molecule is CCCCOCCN(NCCO)c1cc(C)c(Br)c(C)c1. The van der Waals surface area contributed by atoms with E-state index >= 15 is 0 Å². The molecular weight excluding hydrogens is 332 g/mol. The minimum absolute atomic E-state index is 0.113. The van der Waals surface area contributed by atoms with E-state index in [1.54, 1.807) is 0 Å². The van der Waals surface area contributed by atoms with Crippen LogP contribution >= 0.6 is 15.9 Å². The van der Waals surface area contributed by atoms with E-state index in [4.69, 9.17) is 9.84 Å². The summed E-state index contributed by atoms with van der Waals surface area (Å²) in [6, 6.07) is 4.26. The van der Waals surface area contributed by atoms with Crippen LogP contribution in [0.25, 0.3) is 0 Å². The topological polar surface area (TPSA) is 44.7 Å². The van der Waals surface area contributed by atoms with E-state index in [0.717, 1.165) is 36.2 Å². The van der Waals surface area contributed by atoms with Gasteiger partial charge in [0.25, 0.3) is 0 Å². The summed E-state index contributed by atoms with van der Waals surface area (Å²) >= 11 is 3.59. The van der Waals surface area contributed by atoms with Gasteiger partial charge in [-0.2, -0.15) is 0 Å². The summed E-state index contributed by atoms with van der Waals surface area (Å²) in [5.41, 5.74) is 6.74. The highest BCUT2D eigenvalue weighted by molar-refractivity contribution is 9.10. The van der Waals surface area contributed by atoms with Gasteiger partial charge in [0.15, 0.2) is 0 Å². The Kier molecular flexibility index (Phi) is 8.92. The Hall–Kier alpha value is -0.620. The lowest BCUT2D eigenvalue weighted by atomic mass is 10.1. The van der Waals surface area contributed by atoms with Crippen LogP contribution in [0, 0.1) is 13.8 Å². The van der Waals surface area contributed by atoms with Crippen LogP contribution in [0.4, 0.5) is 5.69 Å². The molecule has 0 aromatic heterocycles. The molecule has 0 saturated heterocycles. The van der Waals surface area contributed by atoms with Gasteiger partial charge in [-0.1, -0.05) is 29.3 Å². The molecule has 0 fully saturated rings. The molecule has 1 aromatic carbocycles. The highest BCUT2D eigenvalue weighted by Gasteiger charge is 2.09. The highest BCUT2D eigenvalue weighted by atomic mass is 79.9. The first-order chi connectivity index (χ1) is 10.1. The molecule has 1 rings (SSSR count). The first-order valence-electron chi connectivity index (χ1n) is 7.56. The maximum atomic E-state index is 9.03. The molecule has 0 heterocycles. The molecule has 4 nitrogen and oxygen atoms in total. The Morgan fingerprint density at radius 3 is 2.48 bits per heavy atom. The summed E-state index contributed by atoms with van der Waals surface area (Å²) < 4.78 is 6.78. The smallest absolute Gasteiger partial charge is 0.0657 e. The molecule has 0 atom stereocenters. The van der Waals surface area contributed by atoms with E-state index in [0.29, 0.717) is 13.2 Å². The number of hydrogen-bond acceptors (Lipinski definition) is 4. The number of hydrogen-bond donors (Lipinski definition) is 2. The maximum absolute atomic E-state index is 9.03. The number of nitrogens with one attached hydrogen (secondary N) is 1. The predicted octanol–water partition coefficient (Wildman–Crippen LogP) is 3.19. The van der Waals surface area contributed by atoms with Crippen molar-refractivity contribution in [2.45, 2.75) is 33.6 Å². The van der Waals surface area contributed by atoms with Crippen molar-refractivity contribution in [3.8, 4) is 0 Å². The maximum Gasteiger partial charge on any atom is 0.0657 e. The number of benzene rings is 1. The van der Waals surface area contributed by atoms with Crippen molar-refractivity contribution >= 4 is 21.6 Å². The van der Waals surface area contributed by atoms with Crippen molar-refractivity contribution in [2.75, 3.05) is 37.9 Å². The standard InChI is InChI=1S/C16H27BrN2O2/c1-4-5-9-21-10-7-19(18-6-8-20)15-11-13(2)16(17)14(3)12-15/h11-12,18,20H,4-10H2,1-3H3. The van der Waals surface area contributed by atoms with Crippen molar-refractivity contribution in [1.29, 1.82) is 0 Å². The van der Waals surface area contributed by atoms with Gasteiger partial charge in [-0.15, -0.1) is 0 Å². The molecular formula is C16H27BrN2O2. The van der Waals surface area contributed by atoms with E-state index in [9.17, 15) is 0 Å². The van der Waals surface area contributed by atoms with Crippen molar-refractivity contribution in [3.05, 3.63) is 27.7 Å². The zero-order valence-corrected chi connectivity index (χ0v) is 14.9. The molecule has 0 bridgehead atoms. The Bertz CT molecular complexity index is 404. The molecule has 0 spiro atoms. The number of rotatable bonds is 10. The number of anilines is 1. The van der Waals surface area contributed by atoms with Crippen LogP contribution in [0.5, 0.6) is 0 Å². The van der Waals surface area contributed by atoms with E-state index in [1.807, 2.05) is 0 Å². The van der Waals surface area contributed by atoms with Crippen molar-refractivity contribution < 1.29 is 9.84 Å². The second-order valence-corrected chi connectivity index (χ2v) is 5.94. The molecule has 0 saturated carbocycles. The van der Waals surface area contributed by atoms with Crippen molar-refractivity contribution in [3.63, 3.8) is 0 Å². The number of ether oxygens (including phenoxy) is 1. The molecule has 0 radical (unpaired) electrons. The Morgan fingerprint density at radius 1 is 1.24 bits per heavy atom. The summed E-state index contributed by atoms with van der Waals surface area (Å²) in [4.78, 5) is 0. The number of halogens is 1. The average molecular weight is 359 g/mol. The third kappa shape index (κ3) is 6.34. The van der Waals surface area contributed by atoms with Gasteiger partial charge in [0, 0.05) is 17.6 Å². The normalized spacial score (nSPS) is 10.9. The predicted molar refractivity (Wildman–Crippen MR) is 91.8 cm³/mol. The molecule has 0 aliphatic rings. The van der Waals surface area contributed by atoms with Gasteiger partial charge in [-0.25, -0.2) is 5.43 Å².